The Kier molecular flexibility index (Phi) is 4.58. The van der Waals surface area contributed by atoms with Gasteiger partial charge in [0.1, 0.15) is 0 Å². The van der Waals surface area contributed by atoms with E-state index in [0.29, 0.717) is 10.9 Å². The second-order valence-electron chi connectivity index (χ2n) is 7.95. The summed E-state index contributed by atoms with van der Waals surface area (Å²) in [7, 11) is 0. The highest BCUT2D eigenvalue weighted by Crippen LogP contribution is 2.41. The van der Waals surface area contributed by atoms with Crippen LogP contribution in [0.25, 0.3) is 16.3 Å². The molecule has 1 aliphatic carbocycles. The number of hydrogen-bond acceptors (Lipinski definition) is 2. The van der Waals surface area contributed by atoms with E-state index in [1.165, 1.54) is 16.3 Å². The minimum Gasteiger partial charge on any atom is -0.387 e. The first-order valence-electron chi connectivity index (χ1n) is 9.97. The molecule has 1 fully saturated rings. The number of benzene rings is 2. The lowest BCUT2D eigenvalue weighted by Gasteiger charge is -2.32. The molecular weight excluding hydrogens is 368 g/mol. The first kappa shape index (κ1) is 17.7. The molecule has 1 aliphatic rings. The monoisotopic (exact) mass is 390 g/mol. The van der Waals surface area contributed by atoms with Crippen molar-refractivity contribution in [3.05, 3.63) is 83.4 Å². The minimum absolute atomic E-state index is 0.251. The molecule has 2 aromatic carbocycles. The van der Waals surface area contributed by atoms with E-state index >= 15 is 0 Å². The van der Waals surface area contributed by atoms with Crippen LogP contribution in [0.1, 0.15) is 49.0 Å². The Morgan fingerprint density at radius 2 is 1.75 bits per heavy atom. The molecule has 0 bridgehead atoms. The zero-order chi connectivity index (χ0) is 19.1. The molecule has 0 spiro atoms. The molecule has 0 aliphatic heterocycles. The maximum Gasteiger partial charge on any atom is 0.0995 e. The average molecular weight is 391 g/mol. The Morgan fingerprint density at radius 1 is 0.964 bits per heavy atom. The van der Waals surface area contributed by atoms with E-state index in [2.05, 4.69) is 47.4 Å². The number of aliphatic hydroxyl groups excluding tert-OH is 1. The number of imidazole rings is 1. The van der Waals surface area contributed by atoms with E-state index in [4.69, 9.17) is 11.6 Å². The van der Waals surface area contributed by atoms with E-state index < -0.39 is 6.10 Å². The number of halogens is 1. The van der Waals surface area contributed by atoms with Crippen molar-refractivity contribution >= 4 is 27.9 Å². The van der Waals surface area contributed by atoms with Gasteiger partial charge in [0.25, 0.3) is 0 Å². The van der Waals surface area contributed by atoms with Crippen molar-refractivity contribution < 1.29 is 5.11 Å². The van der Waals surface area contributed by atoms with Crippen LogP contribution in [0.4, 0.5) is 0 Å². The maximum atomic E-state index is 11.1. The van der Waals surface area contributed by atoms with Gasteiger partial charge in [0, 0.05) is 5.02 Å². The van der Waals surface area contributed by atoms with Gasteiger partial charge in [0.2, 0.25) is 0 Å². The largest absolute Gasteiger partial charge is 0.387 e. The molecule has 2 heterocycles. The van der Waals surface area contributed by atoms with Gasteiger partial charge in [-0.2, -0.15) is 0 Å². The molecule has 0 saturated heterocycles. The van der Waals surface area contributed by atoms with Gasteiger partial charge in [0.15, 0.2) is 0 Å². The molecule has 1 saturated carbocycles. The molecule has 1 atom stereocenters. The summed E-state index contributed by atoms with van der Waals surface area (Å²) in [6, 6.07) is 19.1. The second kappa shape index (κ2) is 7.23. The van der Waals surface area contributed by atoms with Crippen LogP contribution in [0.2, 0.25) is 5.02 Å². The molecule has 142 valence electrons. The summed E-state index contributed by atoms with van der Waals surface area (Å²) in [5.74, 6) is 0.821. The van der Waals surface area contributed by atoms with E-state index in [1.807, 2.05) is 16.5 Å². The fourth-order valence-electron chi connectivity index (χ4n) is 4.72. The summed E-state index contributed by atoms with van der Waals surface area (Å²) in [6.07, 6.45) is 7.25. The van der Waals surface area contributed by atoms with Crippen molar-refractivity contribution in [2.45, 2.75) is 37.7 Å². The van der Waals surface area contributed by atoms with Crippen LogP contribution >= 0.6 is 11.6 Å². The Balaban J connectivity index is 1.34. The van der Waals surface area contributed by atoms with Crippen molar-refractivity contribution in [2.75, 3.05) is 0 Å². The van der Waals surface area contributed by atoms with Gasteiger partial charge >= 0.3 is 0 Å². The van der Waals surface area contributed by atoms with Gasteiger partial charge in [-0.25, -0.2) is 4.98 Å². The summed E-state index contributed by atoms with van der Waals surface area (Å²) in [5, 5.41) is 14.3. The Hall–Kier alpha value is -2.36. The summed E-state index contributed by atoms with van der Waals surface area (Å²) in [6.45, 7) is 0. The Labute approximate surface area is 169 Å². The summed E-state index contributed by atoms with van der Waals surface area (Å²) >= 11 is 6.26. The molecule has 2 aromatic heterocycles. The first-order chi connectivity index (χ1) is 13.7. The number of nitrogens with zero attached hydrogens (tertiary/aromatic N) is 2. The van der Waals surface area contributed by atoms with Crippen LogP contribution in [0.15, 0.2) is 67.1 Å². The third kappa shape index (κ3) is 3.19. The van der Waals surface area contributed by atoms with E-state index in [-0.39, 0.29) is 5.92 Å². The highest BCUT2D eigenvalue weighted by molar-refractivity contribution is 6.31. The van der Waals surface area contributed by atoms with Crippen LogP contribution < -0.4 is 0 Å². The third-order valence-electron chi connectivity index (χ3n) is 6.28. The lowest BCUT2D eigenvalue weighted by Crippen LogP contribution is -2.21. The van der Waals surface area contributed by atoms with Gasteiger partial charge in [0.05, 0.1) is 29.8 Å². The predicted octanol–water partition coefficient (Wildman–Crippen LogP) is 6.15. The number of pyridine rings is 1. The fraction of sp³-hybridized carbons (Fsp3) is 0.292. The highest BCUT2D eigenvalue weighted by Gasteiger charge is 2.29. The van der Waals surface area contributed by atoms with Crippen LogP contribution in [0, 0.1) is 5.92 Å². The molecule has 3 nitrogen and oxygen atoms in total. The van der Waals surface area contributed by atoms with E-state index in [0.717, 1.165) is 36.9 Å². The van der Waals surface area contributed by atoms with Crippen molar-refractivity contribution in [3.63, 3.8) is 0 Å². The quantitative estimate of drug-likeness (QED) is 0.455. The Morgan fingerprint density at radius 3 is 2.57 bits per heavy atom. The lowest BCUT2D eigenvalue weighted by atomic mass is 9.76. The molecule has 0 radical (unpaired) electrons. The predicted molar refractivity (Wildman–Crippen MR) is 114 cm³/mol. The summed E-state index contributed by atoms with van der Waals surface area (Å²) < 4.78 is 1.95. The fourth-order valence-corrected chi connectivity index (χ4v) is 4.94. The molecule has 4 aromatic rings. The maximum absolute atomic E-state index is 11.1. The van der Waals surface area contributed by atoms with Crippen molar-refractivity contribution in [1.82, 2.24) is 9.38 Å². The normalized spacial score (nSPS) is 21.2. The van der Waals surface area contributed by atoms with Crippen molar-refractivity contribution in [2.24, 2.45) is 5.92 Å². The number of aliphatic hydroxyl groups is 1. The average Bonchev–Trinajstić information content (AvgIpc) is 3.21. The number of rotatable bonds is 3. The van der Waals surface area contributed by atoms with Gasteiger partial charge < -0.3 is 9.51 Å². The summed E-state index contributed by atoms with van der Waals surface area (Å²) in [5.41, 5.74) is 3.19. The van der Waals surface area contributed by atoms with Gasteiger partial charge in [-0.15, -0.1) is 0 Å². The smallest absolute Gasteiger partial charge is 0.0995 e. The first-order valence-corrected chi connectivity index (χ1v) is 10.3. The Bertz CT molecular complexity index is 1130. The minimum atomic E-state index is -0.520. The van der Waals surface area contributed by atoms with Crippen LogP contribution in [-0.2, 0) is 0 Å². The van der Waals surface area contributed by atoms with Gasteiger partial charge in [-0.05, 0) is 66.0 Å². The zero-order valence-corrected chi connectivity index (χ0v) is 16.4. The van der Waals surface area contributed by atoms with Gasteiger partial charge in [-0.1, -0.05) is 54.1 Å². The van der Waals surface area contributed by atoms with E-state index in [1.54, 1.807) is 12.5 Å². The standard InChI is InChI=1S/C24H23ClN2O/c25-21-12-22-14-26-15-27(22)23(13-21)24(28)18-8-5-17(6-9-18)20-10-7-16-3-1-2-4-19(16)11-20/h1-4,7,10-15,17-18,24,28H,5-6,8-9H2/t17-,18-,24-/m1/s1. The topological polar surface area (TPSA) is 37.5 Å². The van der Waals surface area contributed by atoms with Crippen LogP contribution in [0.3, 0.4) is 0 Å². The SMILES string of the molecule is O[C@@H](c1cc(Cl)cc2cncn12)[C@H]1CC[C@H](c2ccc3ccccc3c2)CC1. The molecule has 4 heteroatoms. The third-order valence-corrected chi connectivity index (χ3v) is 6.50. The lowest BCUT2D eigenvalue weighted by molar-refractivity contribution is 0.0763. The molecule has 5 rings (SSSR count). The van der Waals surface area contributed by atoms with Gasteiger partial charge in [-0.3, -0.25) is 0 Å². The highest BCUT2D eigenvalue weighted by atomic mass is 35.5. The molecule has 0 unspecified atom stereocenters. The molecule has 1 N–H and O–H groups in total. The van der Waals surface area contributed by atoms with Crippen molar-refractivity contribution in [3.8, 4) is 0 Å². The molecular formula is C24H23ClN2O. The van der Waals surface area contributed by atoms with Crippen molar-refractivity contribution in [1.29, 1.82) is 0 Å². The van der Waals surface area contributed by atoms with E-state index in [9.17, 15) is 5.11 Å². The number of hydrogen-bond donors (Lipinski definition) is 1. The summed E-state index contributed by atoms with van der Waals surface area (Å²) in [4.78, 5) is 4.20. The van der Waals surface area contributed by atoms with Crippen LogP contribution in [0.5, 0.6) is 0 Å². The van der Waals surface area contributed by atoms with Crippen LogP contribution in [-0.4, -0.2) is 14.5 Å². The number of fused-ring (bicyclic) bond motifs is 2. The second-order valence-corrected chi connectivity index (χ2v) is 8.39. The number of aromatic nitrogens is 2. The molecule has 28 heavy (non-hydrogen) atoms. The molecule has 0 amide bonds. The zero-order valence-electron chi connectivity index (χ0n) is 15.6.